The normalized spacial score (nSPS) is 11.9. The van der Waals surface area contributed by atoms with Gasteiger partial charge in [0.05, 0.1) is 0 Å². The minimum absolute atomic E-state index is 0.0607. The van der Waals surface area contributed by atoms with Crippen molar-refractivity contribution in [1.82, 2.24) is 0 Å². The molecule has 0 aromatic rings. The molecule has 0 radical (unpaired) electrons. The molecule has 0 saturated heterocycles. The fourth-order valence-corrected chi connectivity index (χ4v) is 11.8. The summed E-state index contributed by atoms with van der Waals surface area (Å²) < 4.78 is 17.0. The van der Waals surface area contributed by atoms with E-state index in [4.69, 9.17) is 14.2 Å². The van der Waals surface area contributed by atoms with Crippen LogP contribution in [0.2, 0.25) is 0 Å². The van der Waals surface area contributed by atoms with Gasteiger partial charge in [0.25, 0.3) is 0 Å². The molecule has 0 aliphatic heterocycles. The molecule has 0 aromatic carbocycles. The lowest BCUT2D eigenvalue weighted by Gasteiger charge is -2.18. The lowest BCUT2D eigenvalue weighted by molar-refractivity contribution is -0.167. The van der Waals surface area contributed by atoms with Crippen molar-refractivity contribution >= 4 is 17.9 Å². The Morgan fingerprint density at radius 2 is 0.338 bits per heavy atom. The van der Waals surface area contributed by atoms with Gasteiger partial charge in [-0.1, -0.05) is 400 Å². The molecule has 6 nitrogen and oxygen atoms in total. The SMILES string of the molecule is CCCCCCCCCCCCCCCCCCCCCCCCCCCCCCCCCC(=O)OCC(COC(=O)CCCCCCCCCCC)OC(=O)CCCCCCCCCCCCCCCCCCCCCCCC. The first-order valence-electron chi connectivity index (χ1n) is 37.0. The number of ether oxygens (including phenoxy) is 3. The number of hydrogen-bond acceptors (Lipinski definition) is 6. The summed E-state index contributed by atoms with van der Waals surface area (Å²) in [5, 5.41) is 0. The number of hydrogen-bond donors (Lipinski definition) is 0. The molecule has 0 N–H and O–H groups in total. The largest absolute Gasteiger partial charge is 0.462 e. The highest BCUT2D eigenvalue weighted by Crippen LogP contribution is 2.20. The second kappa shape index (κ2) is 69.9. The second-order valence-electron chi connectivity index (χ2n) is 25.6. The zero-order valence-electron chi connectivity index (χ0n) is 54.9. The maximum atomic E-state index is 12.9. The average molecular weight is 1130 g/mol. The standard InChI is InChI=1S/C74H144O6/c1-4-7-10-13-16-19-21-23-25-27-29-31-33-34-35-36-37-38-39-40-41-43-44-46-48-50-52-55-58-61-64-67-73(76)79-70-71(69-78-72(75)66-63-60-57-54-18-15-12-9-6-3)80-74(77)68-65-62-59-56-53-51-49-47-45-42-32-30-28-26-24-22-20-17-14-11-8-5-2/h71H,4-70H2,1-3H3. The van der Waals surface area contributed by atoms with Crippen molar-refractivity contribution < 1.29 is 28.6 Å². The Bertz CT molecular complexity index is 1200. The van der Waals surface area contributed by atoms with Gasteiger partial charge >= 0.3 is 17.9 Å². The molecule has 6 heteroatoms. The van der Waals surface area contributed by atoms with Crippen LogP contribution in [0.4, 0.5) is 0 Å². The van der Waals surface area contributed by atoms with E-state index in [0.29, 0.717) is 19.3 Å². The third kappa shape index (κ3) is 67.2. The molecule has 80 heavy (non-hydrogen) atoms. The molecular weight excluding hydrogens is 985 g/mol. The predicted octanol–water partition coefficient (Wildman–Crippen LogP) is 25.4. The van der Waals surface area contributed by atoms with E-state index < -0.39 is 6.10 Å². The summed E-state index contributed by atoms with van der Waals surface area (Å²) in [5.41, 5.74) is 0. The Labute approximate surface area is 501 Å². The highest BCUT2D eigenvalue weighted by Gasteiger charge is 2.20. The molecule has 0 bridgehead atoms. The van der Waals surface area contributed by atoms with Crippen molar-refractivity contribution in [2.75, 3.05) is 13.2 Å². The zero-order chi connectivity index (χ0) is 57.8. The van der Waals surface area contributed by atoms with Crippen LogP contribution >= 0.6 is 0 Å². The fraction of sp³-hybridized carbons (Fsp3) is 0.959. The molecule has 0 spiro atoms. The quantitative estimate of drug-likeness (QED) is 0.0343. The number of esters is 3. The van der Waals surface area contributed by atoms with Crippen molar-refractivity contribution in [3.8, 4) is 0 Å². The maximum absolute atomic E-state index is 12.9. The zero-order valence-corrected chi connectivity index (χ0v) is 54.9. The van der Waals surface area contributed by atoms with E-state index in [9.17, 15) is 14.4 Å². The minimum atomic E-state index is -0.762. The lowest BCUT2D eigenvalue weighted by atomic mass is 10.0. The van der Waals surface area contributed by atoms with Gasteiger partial charge in [0.2, 0.25) is 0 Å². The molecule has 0 aliphatic carbocycles. The van der Waals surface area contributed by atoms with Crippen LogP contribution < -0.4 is 0 Å². The van der Waals surface area contributed by atoms with Gasteiger partial charge in [-0.2, -0.15) is 0 Å². The third-order valence-electron chi connectivity index (χ3n) is 17.4. The Balaban J connectivity index is 4.01. The predicted molar refractivity (Wildman–Crippen MR) is 349 cm³/mol. The molecule has 0 fully saturated rings. The van der Waals surface area contributed by atoms with Crippen LogP contribution in [0, 0.1) is 0 Å². The van der Waals surface area contributed by atoms with Gasteiger partial charge < -0.3 is 14.2 Å². The van der Waals surface area contributed by atoms with E-state index in [1.54, 1.807) is 0 Å². The summed E-state index contributed by atoms with van der Waals surface area (Å²) in [4.78, 5) is 38.3. The van der Waals surface area contributed by atoms with E-state index in [-0.39, 0.29) is 31.1 Å². The molecule has 476 valence electrons. The van der Waals surface area contributed by atoms with Crippen molar-refractivity contribution in [1.29, 1.82) is 0 Å². The average Bonchev–Trinajstić information content (AvgIpc) is 3.46. The summed E-state index contributed by atoms with van der Waals surface area (Å²) in [7, 11) is 0. The summed E-state index contributed by atoms with van der Waals surface area (Å²) >= 11 is 0. The van der Waals surface area contributed by atoms with Gasteiger partial charge in [-0.15, -0.1) is 0 Å². The number of unbranched alkanes of at least 4 members (excludes halogenated alkanes) is 59. The summed E-state index contributed by atoms with van der Waals surface area (Å²) in [6, 6.07) is 0. The number of rotatable bonds is 70. The topological polar surface area (TPSA) is 78.9 Å². The van der Waals surface area contributed by atoms with Gasteiger partial charge in [0, 0.05) is 19.3 Å². The van der Waals surface area contributed by atoms with Crippen LogP contribution in [0.15, 0.2) is 0 Å². The summed E-state index contributed by atoms with van der Waals surface area (Å²) in [5.74, 6) is -0.825. The molecule has 0 aliphatic rings. The van der Waals surface area contributed by atoms with Crippen molar-refractivity contribution in [2.24, 2.45) is 0 Å². The van der Waals surface area contributed by atoms with E-state index in [2.05, 4.69) is 20.8 Å². The van der Waals surface area contributed by atoms with E-state index >= 15 is 0 Å². The Morgan fingerprint density at radius 1 is 0.200 bits per heavy atom. The molecule has 0 amide bonds. The fourth-order valence-electron chi connectivity index (χ4n) is 11.8. The molecule has 0 saturated carbocycles. The minimum Gasteiger partial charge on any atom is -0.462 e. The van der Waals surface area contributed by atoms with Gasteiger partial charge in [0.15, 0.2) is 6.10 Å². The highest BCUT2D eigenvalue weighted by atomic mass is 16.6. The van der Waals surface area contributed by atoms with Crippen molar-refractivity contribution in [3.05, 3.63) is 0 Å². The van der Waals surface area contributed by atoms with Crippen LogP contribution in [-0.4, -0.2) is 37.2 Å². The first-order chi connectivity index (χ1) is 39.5. The Morgan fingerprint density at radius 3 is 0.500 bits per heavy atom. The van der Waals surface area contributed by atoms with E-state index in [1.807, 2.05) is 0 Å². The van der Waals surface area contributed by atoms with Gasteiger partial charge in [-0.05, 0) is 19.3 Å². The first kappa shape index (κ1) is 78.4. The summed E-state index contributed by atoms with van der Waals surface area (Å²) in [6.07, 6.45) is 83.2. The molecule has 0 heterocycles. The Hall–Kier alpha value is -1.59. The molecular formula is C74H144O6. The van der Waals surface area contributed by atoms with Crippen molar-refractivity contribution in [3.63, 3.8) is 0 Å². The second-order valence-corrected chi connectivity index (χ2v) is 25.6. The first-order valence-corrected chi connectivity index (χ1v) is 37.0. The van der Waals surface area contributed by atoms with E-state index in [0.717, 1.165) is 57.8 Å². The van der Waals surface area contributed by atoms with E-state index in [1.165, 1.54) is 340 Å². The molecule has 1 atom stereocenters. The molecule has 0 aromatic heterocycles. The monoisotopic (exact) mass is 1130 g/mol. The number of carbonyl (C=O) groups is 3. The van der Waals surface area contributed by atoms with Gasteiger partial charge in [-0.25, -0.2) is 0 Å². The third-order valence-corrected chi connectivity index (χ3v) is 17.4. The van der Waals surface area contributed by atoms with Crippen LogP contribution in [-0.2, 0) is 28.6 Å². The smallest absolute Gasteiger partial charge is 0.306 e. The lowest BCUT2D eigenvalue weighted by Crippen LogP contribution is -2.30. The van der Waals surface area contributed by atoms with Crippen molar-refractivity contribution in [2.45, 2.75) is 444 Å². The summed E-state index contributed by atoms with van der Waals surface area (Å²) in [6.45, 7) is 6.72. The Kier molecular flexibility index (Phi) is 68.5. The highest BCUT2D eigenvalue weighted by molar-refractivity contribution is 5.71. The van der Waals surface area contributed by atoms with Gasteiger partial charge in [0.1, 0.15) is 13.2 Å². The number of carbonyl (C=O) groups excluding carboxylic acids is 3. The molecule has 0 rings (SSSR count). The van der Waals surface area contributed by atoms with Crippen LogP contribution in [0.1, 0.15) is 438 Å². The maximum Gasteiger partial charge on any atom is 0.306 e. The van der Waals surface area contributed by atoms with Crippen LogP contribution in [0.5, 0.6) is 0 Å². The van der Waals surface area contributed by atoms with Crippen LogP contribution in [0.3, 0.4) is 0 Å². The molecule has 1 unspecified atom stereocenters. The van der Waals surface area contributed by atoms with Crippen LogP contribution in [0.25, 0.3) is 0 Å². The van der Waals surface area contributed by atoms with Gasteiger partial charge in [-0.3, -0.25) is 14.4 Å².